The third kappa shape index (κ3) is 2.83. The first-order valence-corrected chi connectivity index (χ1v) is 6.48. The van der Waals surface area contributed by atoms with Crippen LogP contribution in [-0.2, 0) is 6.42 Å². The summed E-state index contributed by atoms with van der Waals surface area (Å²) in [4.78, 5) is 1.09. The Hall–Kier alpha value is -0.870. The van der Waals surface area contributed by atoms with Crippen LogP contribution >= 0.6 is 11.8 Å². The lowest BCUT2D eigenvalue weighted by Gasteiger charge is -2.15. The lowest BCUT2D eigenvalue weighted by molar-refractivity contribution is 0.344. The Balaban J connectivity index is 3.10. The van der Waals surface area contributed by atoms with E-state index in [4.69, 9.17) is 15.2 Å². The third-order valence-electron chi connectivity index (χ3n) is 2.44. The minimum absolute atomic E-state index is 0.690. The first-order chi connectivity index (χ1) is 7.78. The van der Waals surface area contributed by atoms with Crippen LogP contribution in [-0.4, -0.2) is 27.0 Å². The molecule has 0 aliphatic rings. The van der Waals surface area contributed by atoms with E-state index in [1.165, 1.54) is 0 Å². The molecule has 1 aromatic carbocycles. The predicted molar refractivity (Wildman–Crippen MR) is 68.7 cm³/mol. The number of nitrogens with two attached hydrogens (primary N) is 1. The van der Waals surface area contributed by atoms with Gasteiger partial charge in [-0.2, -0.15) is 0 Å². The molecule has 90 valence electrons. The second-order valence-corrected chi connectivity index (χ2v) is 4.23. The van der Waals surface area contributed by atoms with Crippen LogP contribution in [0.15, 0.2) is 17.0 Å². The number of benzene rings is 1. The Kier molecular flexibility index (Phi) is 5.49. The fraction of sp³-hybridized carbons (Fsp3) is 0.500. The number of rotatable bonds is 6. The molecule has 2 N–H and O–H groups in total. The van der Waals surface area contributed by atoms with Crippen molar-refractivity contribution in [3.8, 4) is 11.5 Å². The van der Waals surface area contributed by atoms with Crippen LogP contribution in [0.3, 0.4) is 0 Å². The van der Waals surface area contributed by atoms with Gasteiger partial charge in [0, 0.05) is 0 Å². The zero-order valence-corrected chi connectivity index (χ0v) is 10.9. The van der Waals surface area contributed by atoms with Gasteiger partial charge in [0.1, 0.15) is 0 Å². The normalized spacial score (nSPS) is 10.2. The van der Waals surface area contributed by atoms with Gasteiger partial charge in [-0.25, -0.2) is 0 Å². The van der Waals surface area contributed by atoms with Crippen LogP contribution in [0.2, 0.25) is 0 Å². The van der Waals surface area contributed by atoms with E-state index in [0.29, 0.717) is 6.54 Å². The van der Waals surface area contributed by atoms with Gasteiger partial charge in [0.15, 0.2) is 11.5 Å². The van der Waals surface area contributed by atoms with Gasteiger partial charge in [-0.15, -0.1) is 11.8 Å². The van der Waals surface area contributed by atoms with Crippen molar-refractivity contribution in [1.82, 2.24) is 0 Å². The molecule has 0 bridgehead atoms. The molecule has 0 atom stereocenters. The van der Waals surface area contributed by atoms with Crippen molar-refractivity contribution in [2.45, 2.75) is 17.7 Å². The highest BCUT2D eigenvalue weighted by atomic mass is 32.2. The molecule has 0 radical (unpaired) electrons. The zero-order chi connectivity index (χ0) is 12.0. The van der Waals surface area contributed by atoms with Crippen LogP contribution in [0.5, 0.6) is 11.5 Å². The average Bonchev–Trinajstić information content (AvgIpc) is 2.34. The summed E-state index contributed by atoms with van der Waals surface area (Å²) >= 11 is 1.65. The number of hydrogen-bond acceptors (Lipinski definition) is 4. The van der Waals surface area contributed by atoms with Gasteiger partial charge < -0.3 is 15.2 Å². The minimum Gasteiger partial charge on any atom is -0.493 e. The minimum atomic E-state index is 0.690. The average molecular weight is 241 g/mol. The maximum atomic E-state index is 5.52. The van der Waals surface area contributed by atoms with Gasteiger partial charge in [0.25, 0.3) is 0 Å². The molecule has 1 aromatic rings. The molecule has 0 fully saturated rings. The molecule has 0 spiro atoms. The lowest BCUT2D eigenvalue weighted by atomic mass is 10.1. The van der Waals surface area contributed by atoms with Crippen LogP contribution in [0.25, 0.3) is 0 Å². The second-order valence-electron chi connectivity index (χ2n) is 3.39. The van der Waals surface area contributed by atoms with Crippen molar-refractivity contribution in [2.75, 3.05) is 27.0 Å². The molecule has 16 heavy (non-hydrogen) atoms. The quantitative estimate of drug-likeness (QED) is 0.776. The Bertz CT molecular complexity index is 342. The van der Waals surface area contributed by atoms with Gasteiger partial charge in [0.05, 0.1) is 19.1 Å². The highest BCUT2D eigenvalue weighted by Gasteiger charge is 2.13. The molecule has 1 rings (SSSR count). The first kappa shape index (κ1) is 13.2. The second kappa shape index (κ2) is 6.66. The summed E-state index contributed by atoms with van der Waals surface area (Å²) in [5.74, 6) is 1.66. The molecule has 0 aromatic heterocycles. The highest BCUT2D eigenvalue weighted by Crippen LogP contribution is 2.39. The molecule has 0 aliphatic heterocycles. The Morgan fingerprint density at radius 3 is 2.38 bits per heavy atom. The molecule has 4 heteroatoms. The number of thioether (sulfide) groups is 1. The van der Waals surface area contributed by atoms with Gasteiger partial charge in [-0.1, -0.05) is 6.07 Å². The molecule has 0 saturated heterocycles. The van der Waals surface area contributed by atoms with Crippen molar-refractivity contribution in [3.05, 3.63) is 17.7 Å². The van der Waals surface area contributed by atoms with Crippen LogP contribution in [0.1, 0.15) is 12.0 Å². The monoisotopic (exact) mass is 241 g/mol. The SMILES string of the molecule is COc1c(CCCN)ccc(SC)c1OC. The van der Waals surface area contributed by atoms with Gasteiger partial charge in [-0.3, -0.25) is 0 Å². The first-order valence-electron chi connectivity index (χ1n) is 5.26. The van der Waals surface area contributed by atoms with E-state index < -0.39 is 0 Å². The number of methoxy groups -OCH3 is 2. The molecule has 0 aliphatic carbocycles. The van der Waals surface area contributed by atoms with E-state index in [1.807, 2.05) is 6.26 Å². The van der Waals surface area contributed by atoms with Crippen molar-refractivity contribution in [3.63, 3.8) is 0 Å². The van der Waals surface area contributed by atoms with Crippen molar-refractivity contribution in [1.29, 1.82) is 0 Å². The maximum absolute atomic E-state index is 5.52. The van der Waals surface area contributed by atoms with E-state index in [0.717, 1.165) is 34.8 Å². The fourth-order valence-corrected chi connectivity index (χ4v) is 2.22. The summed E-state index contributed by atoms with van der Waals surface area (Å²) in [5.41, 5.74) is 6.67. The Morgan fingerprint density at radius 1 is 1.19 bits per heavy atom. The summed E-state index contributed by atoms with van der Waals surface area (Å²) in [6.45, 7) is 0.690. The molecule has 0 heterocycles. The number of ether oxygens (including phenoxy) is 2. The van der Waals surface area contributed by atoms with Crippen LogP contribution < -0.4 is 15.2 Å². The van der Waals surface area contributed by atoms with E-state index >= 15 is 0 Å². The smallest absolute Gasteiger partial charge is 0.174 e. The summed E-state index contributed by atoms with van der Waals surface area (Å²) in [5, 5.41) is 0. The highest BCUT2D eigenvalue weighted by molar-refractivity contribution is 7.98. The molecule has 0 unspecified atom stereocenters. The van der Waals surface area contributed by atoms with Crippen molar-refractivity contribution >= 4 is 11.8 Å². The Morgan fingerprint density at radius 2 is 1.88 bits per heavy atom. The third-order valence-corrected chi connectivity index (χ3v) is 3.20. The van der Waals surface area contributed by atoms with Crippen molar-refractivity contribution < 1.29 is 9.47 Å². The van der Waals surface area contributed by atoms with E-state index in [1.54, 1.807) is 26.0 Å². The molecule has 0 amide bonds. The molecule has 3 nitrogen and oxygen atoms in total. The predicted octanol–water partition coefficient (Wildman–Crippen LogP) is 2.32. The van der Waals surface area contributed by atoms with Gasteiger partial charge in [-0.05, 0) is 37.3 Å². The standard InChI is InChI=1S/C12H19NO2S/c1-14-11-9(5-4-8-13)6-7-10(16-3)12(11)15-2/h6-7H,4-5,8,13H2,1-3H3. The maximum Gasteiger partial charge on any atom is 0.174 e. The summed E-state index contributed by atoms with van der Waals surface area (Å²) < 4.78 is 10.8. The zero-order valence-electron chi connectivity index (χ0n) is 10.1. The van der Waals surface area contributed by atoms with Crippen LogP contribution in [0.4, 0.5) is 0 Å². The van der Waals surface area contributed by atoms with Gasteiger partial charge >= 0.3 is 0 Å². The largest absolute Gasteiger partial charge is 0.493 e. The molecule has 0 saturated carbocycles. The van der Waals surface area contributed by atoms with E-state index in [9.17, 15) is 0 Å². The van der Waals surface area contributed by atoms with Gasteiger partial charge in [0.2, 0.25) is 0 Å². The molecular formula is C12H19NO2S. The summed E-state index contributed by atoms with van der Waals surface area (Å²) in [6, 6.07) is 4.15. The van der Waals surface area contributed by atoms with E-state index in [2.05, 4.69) is 12.1 Å². The van der Waals surface area contributed by atoms with E-state index in [-0.39, 0.29) is 0 Å². The molecular weight excluding hydrogens is 222 g/mol. The van der Waals surface area contributed by atoms with Crippen LogP contribution in [0, 0.1) is 0 Å². The number of hydrogen-bond donors (Lipinski definition) is 1. The fourth-order valence-electron chi connectivity index (χ4n) is 1.65. The van der Waals surface area contributed by atoms with Crippen molar-refractivity contribution in [2.24, 2.45) is 5.73 Å². The lowest BCUT2D eigenvalue weighted by Crippen LogP contribution is -2.03. The Labute approximate surface area is 101 Å². The summed E-state index contributed by atoms with van der Waals surface area (Å²) in [6.07, 6.45) is 3.90. The summed E-state index contributed by atoms with van der Waals surface area (Å²) in [7, 11) is 3.35. The number of aryl methyl sites for hydroxylation is 1. The topological polar surface area (TPSA) is 44.5 Å².